The van der Waals surface area contributed by atoms with Crippen LogP contribution in [0.4, 0.5) is 0 Å². The lowest BCUT2D eigenvalue weighted by molar-refractivity contribution is 0.106. The predicted octanol–water partition coefficient (Wildman–Crippen LogP) is 4.36. The second-order valence-electron chi connectivity index (χ2n) is 5.06. The van der Waals surface area contributed by atoms with E-state index in [-0.39, 0.29) is 0 Å². The third-order valence-corrected chi connectivity index (χ3v) is 3.88. The smallest absolute Gasteiger partial charge is 0.0717 e. The van der Waals surface area contributed by atoms with Crippen molar-refractivity contribution in [1.82, 2.24) is 5.32 Å². The van der Waals surface area contributed by atoms with Gasteiger partial charge >= 0.3 is 0 Å². The predicted molar refractivity (Wildman–Crippen MR) is 91.5 cm³/mol. The number of hydrogen-bond donors (Lipinski definition) is 1. The van der Waals surface area contributed by atoms with Crippen LogP contribution in [0.1, 0.15) is 24.0 Å². The van der Waals surface area contributed by atoms with Gasteiger partial charge in [-0.1, -0.05) is 65.3 Å². The molecule has 2 aromatic rings. The van der Waals surface area contributed by atoms with Gasteiger partial charge in [-0.15, -0.1) is 0 Å². The summed E-state index contributed by atoms with van der Waals surface area (Å²) in [6, 6.07) is 18.8. The van der Waals surface area contributed by atoms with Crippen LogP contribution in [0.5, 0.6) is 0 Å². The van der Waals surface area contributed by atoms with Crippen LogP contribution in [0.2, 0.25) is 0 Å². The van der Waals surface area contributed by atoms with Crippen LogP contribution in [-0.4, -0.2) is 19.7 Å². The second-order valence-corrected chi connectivity index (χ2v) is 5.98. The summed E-state index contributed by atoms with van der Waals surface area (Å²) < 4.78 is 7.03. The van der Waals surface area contributed by atoms with Gasteiger partial charge in [0.1, 0.15) is 0 Å². The molecular formula is C18H22BrNO. The van der Waals surface area contributed by atoms with E-state index < -0.39 is 0 Å². The Labute approximate surface area is 135 Å². The molecule has 0 spiro atoms. The highest BCUT2D eigenvalue weighted by atomic mass is 79.9. The average Bonchev–Trinajstić information content (AvgIpc) is 2.51. The van der Waals surface area contributed by atoms with E-state index in [1.165, 1.54) is 11.1 Å². The molecule has 0 bridgehead atoms. The quantitative estimate of drug-likeness (QED) is 0.765. The molecule has 0 aromatic heterocycles. The number of nitrogens with one attached hydrogen (secondary N) is 1. The van der Waals surface area contributed by atoms with Gasteiger partial charge in [0.25, 0.3) is 0 Å². The Morgan fingerprint density at radius 1 is 1.10 bits per heavy atom. The maximum Gasteiger partial charge on any atom is 0.0717 e. The molecule has 2 rings (SSSR count). The number of ether oxygens (including phenoxy) is 1. The van der Waals surface area contributed by atoms with Crippen LogP contribution >= 0.6 is 15.9 Å². The van der Waals surface area contributed by atoms with Gasteiger partial charge in [-0.25, -0.2) is 0 Å². The highest BCUT2D eigenvalue weighted by molar-refractivity contribution is 9.10. The van der Waals surface area contributed by atoms with E-state index in [0.29, 0.717) is 12.5 Å². The molecule has 0 heterocycles. The van der Waals surface area contributed by atoms with E-state index in [1.807, 2.05) is 18.2 Å². The van der Waals surface area contributed by atoms with Crippen molar-refractivity contribution in [2.24, 2.45) is 0 Å². The van der Waals surface area contributed by atoms with Gasteiger partial charge in [0.05, 0.1) is 13.2 Å². The largest absolute Gasteiger partial charge is 0.376 e. The molecule has 0 amide bonds. The highest BCUT2D eigenvalue weighted by Gasteiger charge is 2.12. The maximum absolute atomic E-state index is 5.92. The van der Waals surface area contributed by atoms with E-state index in [4.69, 9.17) is 4.74 Å². The molecular weight excluding hydrogens is 326 g/mol. The first-order valence-corrected chi connectivity index (χ1v) is 8.16. The molecule has 0 aliphatic rings. The molecule has 112 valence electrons. The summed E-state index contributed by atoms with van der Waals surface area (Å²) in [6.07, 6.45) is 0. The summed E-state index contributed by atoms with van der Waals surface area (Å²) in [5, 5.41) is 3.42. The fourth-order valence-corrected chi connectivity index (χ4v) is 2.66. The Bertz CT molecular complexity index is 530. The number of benzene rings is 2. The molecule has 0 fully saturated rings. The molecule has 2 aromatic carbocycles. The zero-order valence-electron chi connectivity index (χ0n) is 12.4. The van der Waals surface area contributed by atoms with Crippen molar-refractivity contribution in [3.8, 4) is 0 Å². The summed E-state index contributed by atoms with van der Waals surface area (Å²) in [7, 11) is 0. The van der Waals surface area contributed by atoms with Crippen molar-refractivity contribution in [2.45, 2.75) is 19.4 Å². The maximum atomic E-state index is 5.92. The first-order valence-electron chi connectivity index (χ1n) is 7.37. The normalized spacial score (nSPS) is 12.3. The molecule has 21 heavy (non-hydrogen) atoms. The Morgan fingerprint density at radius 2 is 1.90 bits per heavy atom. The first-order chi connectivity index (χ1) is 10.3. The Morgan fingerprint density at radius 3 is 2.62 bits per heavy atom. The molecule has 0 aliphatic heterocycles. The fraction of sp³-hybridized carbons (Fsp3) is 0.333. The highest BCUT2D eigenvalue weighted by Crippen LogP contribution is 2.20. The lowest BCUT2D eigenvalue weighted by Gasteiger charge is -2.18. The van der Waals surface area contributed by atoms with Crippen LogP contribution in [-0.2, 0) is 11.3 Å². The topological polar surface area (TPSA) is 21.3 Å². The Hall–Kier alpha value is -1.16. The van der Waals surface area contributed by atoms with Gasteiger partial charge in [-0.2, -0.15) is 0 Å². The van der Waals surface area contributed by atoms with Gasteiger partial charge in [-0.05, 0) is 29.8 Å². The standard InChI is InChI=1S/C18H22BrNO/c1-2-20-12-17(16-9-6-10-18(19)11-16)14-21-13-15-7-4-3-5-8-15/h3-11,17,20H,2,12-14H2,1H3. The van der Waals surface area contributed by atoms with Crippen LogP contribution in [0.15, 0.2) is 59.1 Å². The summed E-state index contributed by atoms with van der Waals surface area (Å²) in [5.41, 5.74) is 2.52. The van der Waals surface area contributed by atoms with Crippen molar-refractivity contribution in [3.63, 3.8) is 0 Å². The van der Waals surface area contributed by atoms with Crippen LogP contribution in [0, 0.1) is 0 Å². The number of likely N-dealkylation sites (N-methyl/N-ethyl adjacent to an activating group) is 1. The van der Waals surface area contributed by atoms with Gasteiger partial charge in [0, 0.05) is 16.9 Å². The van der Waals surface area contributed by atoms with Crippen molar-refractivity contribution in [1.29, 1.82) is 0 Å². The van der Waals surface area contributed by atoms with E-state index in [9.17, 15) is 0 Å². The summed E-state index contributed by atoms with van der Waals surface area (Å²) in [4.78, 5) is 0. The van der Waals surface area contributed by atoms with E-state index in [0.717, 1.165) is 24.2 Å². The lowest BCUT2D eigenvalue weighted by Crippen LogP contribution is -2.24. The van der Waals surface area contributed by atoms with Crippen molar-refractivity contribution >= 4 is 15.9 Å². The van der Waals surface area contributed by atoms with Crippen LogP contribution < -0.4 is 5.32 Å². The zero-order valence-corrected chi connectivity index (χ0v) is 14.0. The van der Waals surface area contributed by atoms with Crippen molar-refractivity contribution in [3.05, 3.63) is 70.2 Å². The molecule has 0 saturated carbocycles. The molecule has 1 atom stereocenters. The summed E-state index contributed by atoms with van der Waals surface area (Å²) in [5.74, 6) is 0.367. The van der Waals surface area contributed by atoms with Gasteiger partial charge in [0.15, 0.2) is 0 Å². The molecule has 0 aliphatic carbocycles. The Balaban J connectivity index is 1.93. The van der Waals surface area contributed by atoms with Gasteiger partial charge < -0.3 is 10.1 Å². The fourth-order valence-electron chi connectivity index (χ4n) is 2.25. The molecule has 0 saturated heterocycles. The van der Waals surface area contributed by atoms with E-state index in [2.05, 4.69) is 64.6 Å². The van der Waals surface area contributed by atoms with Crippen molar-refractivity contribution in [2.75, 3.05) is 19.7 Å². The minimum atomic E-state index is 0.367. The summed E-state index contributed by atoms with van der Waals surface area (Å²) >= 11 is 3.54. The van der Waals surface area contributed by atoms with Crippen LogP contribution in [0.3, 0.4) is 0 Å². The molecule has 0 radical (unpaired) electrons. The molecule has 1 N–H and O–H groups in total. The molecule has 3 heteroatoms. The first kappa shape index (κ1) is 16.2. The number of rotatable bonds is 8. The zero-order chi connectivity index (χ0) is 14.9. The van der Waals surface area contributed by atoms with Gasteiger partial charge in [-0.3, -0.25) is 0 Å². The SMILES string of the molecule is CCNCC(COCc1ccccc1)c1cccc(Br)c1. The number of hydrogen-bond acceptors (Lipinski definition) is 2. The monoisotopic (exact) mass is 347 g/mol. The third kappa shape index (κ3) is 5.62. The third-order valence-electron chi connectivity index (χ3n) is 3.39. The Kier molecular flexibility index (Phi) is 6.93. The lowest BCUT2D eigenvalue weighted by atomic mass is 10.00. The average molecular weight is 348 g/mol. The van der Waals surface area contributed by atoms with Gasteiger partial charge in [0.2, 0.25) is 0 Å². The molecule has 2 nitrogen and oxygen atoms in total. The minimum absolute atomic E-state index is 0.367. The van der Waals surface area contributed by atoms with Crippen molar-refractivity contribution < 1.29 is 4.74 Å². The van der Waals surface area contributed by atoms with E-state index >= 15 is 0 Å². The van der Waals surface area contributed by atoms with Crippen LogP contribution in [0.25, 0.3) is 0 Å². The minimum Gasteiger partial charge on any atom is -0.376 e. The molecule has 1 unspecified atom stereocenters. The summed E-state index contributed by atoms with van der Waals surface area (Å²) in [6.45, 7) is 5.42. The second kappa shape index (κ2) is 8.98. The number of halogens is 1. The van der Waals surface area contributed by atoms with E-state index in [1.54, 1.807) is 0 Å².